The van der Waals surface area contributed by atoms with Gasteiger partial charge in [-0.1, -0.05) is 6.92 Å². The van der Waals surface area contributed by atoms with Gasteiger partial charge in [-0.05, 0) is 30.2 Å². The van der Waals surface area contributed by atoms with E-state index in [9.17, 15) is 0 Å². The molecule has 0 fully saturated rings. The summed E-state index contributed by atoms with van der Waals surface area (Å²) in [5, 5.41) is 12.0. The van der Waals surface area contributed by atoms with Crippen LogP contribution in [0.5, 0.6) is 0 Å². The Morgan fingerprint density at radius 3 is 2.85 bits per heavy atom. The minimum absolute atomic E-state index is 0. The van der Waals surface area contributed by atoms with Gasteiger partial charge in [0.05, 0.1) is 5.01 Å². The van der Waals surface area contributed by atoms with Crippen molar-refractivity contribution in [2.75, 3.05) is 13.6 Å². The lowest BCUT2D eigenvalue weighted by atomic mass is 10.2. The van der Waals surface area contributed by atoms with Crippen molar-refractivity contribution in [2.45, 2.75) is 26.3 Å². The molecule has 0 aromatic carbocycles. The van der Waals surface area contributed by atoms with Crippen molar-refractivity contribution < 1.29 is 0 Å². The molecule has 0 atom stereocenters. The average Bonchev–Trinajstić information content (AvgIpc) is 3.36. The number of aliphatic imine (C=N–C) groups is 1. The molecule has 0 spiro atoms. The molecular weight excluding hydrogens is 473 g/mol. The number of aromatic nitrogens is 4. The van der Waals surface area contributed by atoms with Gasteiger partial charge in [-0.3, -0.25) is 4.99 Å². The van der Waals surface area contributed by atoms with E-state index in [0.717, 1.165) is 41.7 Å². The highest BCUT2D eigenvalue weighted by Crippen LogP contribution is 2.13. The largest absolute Gasteiger partial charge is 0.356 e. The molecule has 3 aromatic rings. The number of nitrogens with one attached hydrogen (secondary N) is 2. The number of halogens is 1. The summed E-state index contributed by atoms with van der Waals surface area (Å²) in [6.07, 6.45) is 9.31. The molecule has 2 N–H and O–H groups in total. The van der Waals surface area contributed by atoms with Crippen molar-refractivity contribution in [3.63, 3.8) is 0 Å². The van der Waals surface area contributed by atoms with Gasteiger partial charge >= 0.3 is 0 Å². The maximum absolute atomic E-state index is 4.44. The van der Waals surface area contributed by atoms with E-state index in [0.29, 0.717) is 6.54 Å². The van der Waals surface area contributed by atoms with Gasteiger partial charge in [-0.2, -0.15) is 5.10 Å². The zero-order valence-corrected chi connectivity index (χ0v) is 18.6. The normalized spacial score (nSPS) is 11.1. The first-order valence-corrected chi connectivity index (χ1v) is 9.43. The molecule has 0 radical (unpaired) electrons. The Morgan fingerprint density at radius 1 is 1.26 bits per heavy atom. The first-order valence-electron chi connectivity index (χ1n) is 8.61. The van der Waals surface area contributed by atoms with Gasteiger partial charge < -0.3 is 10.6 Å². The van der Waals surface area contributed by atoms with Crippen LogP contribution in [0.15, 0.2) is 48.0 Å². The number of aryl methyl sites for hydroxylation is 1. The molecule has 0 aliphatic carbocycles. The summed E-state index contributed by atoms with van der Waals surface area (Å²) in [5.74, 6) is 1.57. The van der Waals surface area contributed by atoms with Gasteiger partial charge in [-0.25, -0.2) is 14.6 Å². The van der Waals surface area contributed by atoms with Crippen LogP contribution in [0.1, 0.15) is 22.4 Å². The molecule has 0 aliphatic rings. The SMILES string of the molecule is CCc1cnc(CCNC(=NC)NCc2ccnc(-n3cccn3)c2)s1.I. The number of nitrogens with zero attached hydrogens (tertiary/aromatic N) is 5. The molecule has 7 nitrogen and oxygen atoms in total. The van der Waals surface area contributed by atoms with Crippen LogP contribution in [0.25, 0.3) is 5.82 Å². The number of guanidine groups is 1. The number of pyridine rings is 1. The molecule has 0 saturated carbocycles. The molecule has 9 heteroatoms. The first-order chi connectivity index (χ1) is 12.8. The second-order valence-electron chi connectivity index (χ2n) is 5.65. The van der Waals surface area contributed by atoms with Crippen LogP contribution in [0, 0.1) is 0 Å². The standard InChI is InChI=1S/C18H23N7S.HI/c1-3-15-13-22-17(26-15)6-9-21-18(19-2)23-12-14-5-8-20-16(11-14)25-10-4-7-24-25;/h4-5,7-8,10-11,13H,3,6,9,12H2,1-2H3,(H2,19,21,23);1H. The fourth-order valence-corrected chi connectivity index (χ4v) is 3.28. The molecule has 3 rings (SSSR count). The van der Waals surface area contributed by atoms with Crippen molar-refractivity contribution in [3.05, 3.63) is 58.4 Å². The zero-order chi connectivity index (χ0) is 18.2. The smallest absolute Gasteiger partial charge is 0.191 e. The summed E-state index contributed by atoms with van der Waals surface area (Å²) in [6.45, 7) is 3.61. The van der Waals surface area contributed by atoms with Crippen LogP contribution >= 0.6 is 35.3 Å². The second-order valence-corrected chi connectivity index (χ2v) is 6.85. The lowest BCUT2D eigenvalue weighted by Gasteiger charge is -2.12. The molecule has 3 heterocycles. The number of rotatable bonds is 7. The number of thiazole rings is 1. The highest BCUT2D eigenvalue weighted by Gasteiger charge is 2.04. The summed E-state index contributed by atoms with van der Waals surface area (Å²) in [6, 6.07) is 5.87. The van der Waals surface area contributed by atoms with Crippen LogP contribution in [-0.4, -0.2) is 39.3 Å². The van der Waals surface area contributed by atoms with Crippen LogP contribution in [0.2, 0.25) is 0 Å². The predicted molar refractivity (Wildman–Crippen MR) is 120 cm³/mol. The van der Waals surface area contributed by atoms with Gasteiger partial charge in [0, 0.05) is 56.2 Å². The highest BCUT2D eigenvalue weighted by molar-refractivity contribution is 14.0. The first kappa shape index (κ1) is 21.3. The van der Waals surface area contributed by atoms with Crippen molar-refractivity contribution in [1.82, 2.24) is 30.4 Å². The molecular formula is C18H24IN7S. The lowest BCUT2D eigenvalue weighted by Crippen LogP contribution is -2.37. The van der Waals surface area contributed by atoms with Crippen molar-refractivity contribution in [3.8, 4) is 5.82 Å². The fourth-order valence-electron chi connectivity index (χ4n) is 2.42. The topological polar surface area (TPSA) is 80.0 Å². The van der Waals surface area contributed by atoms with Crippen molar-refractivity contribution in [2.24, 2.45) is 4.99 Å². The average molecular weight is 497 g/mol. The van der Waals surface area contributed by atoms with Crippen LogP contribution in [0.3, 0.4) is 0 Å². The third-order valence-electron chi connectivity index (χ3n) is 3.81. The summed E-state index contributed by atoms with van der Waals surface area (Å²) in [5.41, 5.74) is 1.11. The fraction of sp³-hybridized carbons (Fsp3) is 0.333. The van der Waals surface area contributed by atoms with Gasteiger partial charge in [0.15, 0.2) is 11.8 Å². The van der Waals surface area contributed by atoms with Crippen molar-refractivity contribution in [1.29, 1.82) is 0 Å². The van der Waals surface area contributed by atoms with E-state index in [2.05, 4.69) is 37.6 Å². The third-order valence-corrected chi connectivity index (χ3v) is 5.02. The molecule has 144 valence electrons. The summed E-state index contributed by atoms with van der Waals surface area (Å²) in [4.78, 5) is 14.4. The van der Waals surface area contributed by atoms with Crippen LogP contribution in [0.4, 0.5) is 0 Å². The molecule has 0 unspecified atom stereocenters. The van der Waals surface area contributed by atoms with E-state index in [4.69, 9.17) is 0 Å². The summed E-state index contributed by atoms with van der Waals surface area (Å²) in [7, 11) is 1.77. The van der Waals surface area contributed by atoms with Gasteiger partial charge in [0.1, 0.15) is 0 Å². The van der Waals surface area contributed by atoms with E-state index in [1.54, 1.807) is 35.5 Å². The number of hydrogen-bond donors (Lipinski definition) is 2. The van der Waals surface area contributed by atoms with E-state index in [-0.39, 0.29) is 24.0 Å². The van der Waals surface area contributed by atoms with E-state index >= 15 is 0 Å². The third kappa shape index (κ3) is 6.28. The van der Waals surface area contributed by atoms with E-state index in [1.165, 1.54) is 4.88 Å². The minimum atomic E-state index is 0. The Bertz CT molecular complexity index is 845. The highest BCUT2D eigenvalue weighted by atomic mass is 127. The molecule has 0 amide bonds. The Morgan fingerprint density at radius 2 is 2.15 bits per heavy atom. The lowest BCUT2D eigenvalue weighted by molar-refractivity contribution is 0.787. The summed E-state index contributed by atoms with van der Waals surface area (Å²) >= 11 is 1.78. The quantitative estimate of drug-likeness (QED) is 0.298. The zero-order valence-electron chi connectivity index (χ0n) is 15.4. The van der Waals surface area contributed by atoms with Gasteiger partial charge in [0.2, 0.25) is 0 Å². The van der Waals surface area contributed by atoms with Crippen LogP contribution < -0.4 is 10.6 Å². The molecule has 0 bridgehead atoms. The van der Waals surface area contributed by atoms with Gasteiger partial charge in [-0.15, -0.1) is 35.3 Å². The molecule has 0 saturated heterocycles. The van der Waals surface area contributed by atoms with Crippen LogP contribution in [-0.2, 0) is 19.4 Å². The number of hydrogen-bond acceptors (Lipinski definition) is 5. The maximum atomic E-state index is 4.44. The Balaban J connectivity index is 0.00000261. The van der Waals surface area contributed by atoms with Gasteiger partial charge in [0.25, 0.3) is 0 Å². The Hall–Kier alpha value is -2.01. The van der Waals surface area contributed by atoms with E-state index in [1.807, 2.05) is 30.6 Å². The van der Waals surface area contributed by atoms with Crippen molar-refractivity contribution >= 4 is 41.3 Å². The summed E-state index contributed by atoms with van der Waals surface area (Å²) < 4.78 is 1.75. The predicted octanol–water partition coefficient (Wildman–Crippen LogP) is 2.81. The Labute approximate surface area is 180 Å². The van der Waals surface area contributed by atoms with E-state index < -0.39 is 0 Å². The molecule has 27 heavy (non-hydrogen) atoms. The second kappa shape index (κ2) is 11.0. The monoisotopic (exact) mass is 497 g/mol. The minimum Gasteiger partial charge on any atom is -0.356 e. The molecule has 3 aromatic heterocycles. The maximum Gasteiger partial charge on any atom is 0.191 e. The Kier molecular flexibility index (Phi) is 8.65. The molecule has 0 aliphatic heterocycles.